The average Bonchev–Trinajstić information content (AvgIpc) is 2.04. The Bertz CT molecular complexity index is 336. The monoisotopic (exact) mass is 161 g/mol. The summed E-state index contributed by atoms with van der Waals surface area (Å²) < 4.78 is 0. The quantitative estimate of drug-likeness (QED) is 0.524. The van der Waals surface area contributed by atoms with Gasteiger partial charge >= 0.3 is 0 Å². The molecule has 0 aromatic carbocycles. The van der Waals surface area contributed by atoms with Gasteiger partial charge in [-0.1, -0.05) is 6.08 Å². The van der Waals surface area contributed by atoms with Gasteiger partial charge in [0.05, 0.1) is 11.6 Å². The van der Waals surface area contributed by atoms with Gasteiger partial charge in [0.15, 0.2) is 11.6 Å². The molecule has 0 aromatic heterocycles. The first kappa shape index (κ1) is 7.16. The van der Waals surface area contributed by atoms with E-state index in [0.29, 0.717) is 12.1 Å². The van der Waals surface area contributed by atoms with Crippen molar-refractivity contribution in [2.75, 3.05) is 0 Å². The molecule has 2 aliphatic rings. The van der Waals surface area contributed by atoms with E-state index in [4.69, 9.17) is 0 Å². The predicted molar refractivity (Wildman–Crippen MR) is 43.8 cm³/mol. The van der Waals surface area contributed by atoms with Crippen LogP contribution in [0, 0.1) is 5.92 Å². The number of aliphatic imine (C=N–C) groups is 1. The third-order valence-electron chi connectivity index (χ3n) is 1.94. The van der Waals surface area contributed by atoms with Crippen molar-refractivity contribution in [3.63, 3.8) is 0 Å². The molecular weight excluding hydrogens is 154 g/mol. The molecule has 2 rings (SSSR count). The van der Waals surface area contributed by atoms with Crippen LogP contribution >= 0.6 is 0 Å². The number of carbonyl (C=O) groups excluding carboxylic acids is 2. The maximum absolute atomic E-state index is 11.2. The topological polar surface area (TPSA) is 46.5 Å². The summed E-state index contributed by atoms with van der Waals surface area (Å²) in [6.45, 7) is 0. The Morgan fingerprint density at radius 1 is 1.42 bits per heavy atom. The number of rotatable bonds is 0. The van der Waals surface area contributed by atoms with Crippen molar-refractivity contribution in [2.24, 2.45) is 10.9 Å². The third-order valence-corrected chi connectivity index (χ3v) is 1.94. The highest BCUT2D eigenvalue weighted by atomic mass is 16.1. The van der Waals surface area contributed by atoms with E-state index in [1.54, 1.807) is 12.3 Å². The number of ketones is 2. The lowest BCUT2D eigenvalue weighted by Gasteiger charge is -2.17. The summed E-state index contributed by atoms with van der Waals surface area (Å²) in [6.07, 6.45) is 6.39. The minimum atomic E-state index is -0.271. The van der Waals surface area contributed by atoms with Crippen molar-refractivity contribution in [1.29, 1.82) is 0 Å². The van der Waals surface area contributed by atoms with E-state index in [2.05, 4.69) is 4.99 Å². The van der Waals surface area contributed by atoms with E-state index in [0.717, 1.165) is 0 Å². The first-order chi connectivity index (χ1) is 5.77. The van der Waals surface area contributed by atoms with E-state index in [-0.39, 0.29) is 17.5 Å². The van der Waals surface area contributed by atoms with Crippen LogP contribution in [-0.4, -0.2) is 17.8 Å². The molecule has 1 aliphatic carbocycles. The third kappa shape index (κ3) is 1.03. The van der Waals surface area contributed by atoms with E-state index >= 15 is 0 Å². The number of carbonyl (C=O) groups is 2. The van der Waals surface area contributed by atoms with Gasteiger partial charge in [-0.05, 0) is 6.08 Å². The Kier molecular flexibility index (Phi) is 1.50. The number of allylic oxidation sites excluding steroid dienone is 3. The highest BCUT2D eigenvalue weighted by molar-refractivity contribution is 6.06. The molecule has 0 N–H and O–H groups in total. The number of fused-ring (bicyclic) bond motifs is 1. The summed E-state index contributed by atoms with van der Waals surface area (Å²) in [5, 5.41) is 0. The van der Waals surface area contributed by atoms with Crippen LogP contribution in [-0.2, 0) is 9.59 Å². The Balaban J connectivity index is 2.42. The number of Topliss-reactive ketones (excluding diaryl/α,β-unsaturated/α-hetero) is 1. The zero-order valence-electron chi connectivity index (χ0n) is 6.36. The van der Waals surface area contributed by atoms with Crippen LogP contribution < -0.4 is 0 Å². The molecular formula is C9H7NO2. The Morgan fingerprint density at radius 3 is 3.08 bits per heavy atom. The van der Waals surface area contributed by atoms with Crippen molar-refractivity contribution in [1.82, 2.24) is 0 Å². The number of nitrogens with zero attached hydrogens (tertiary/aromatic N) is 1. The Morgan fingerprint density at radius 2 is 2.25 bits per heavy atom. The van der Waals surface area contributed by atoms with Gasteiger partial charge < -0.3 is 0 Å². The first-order valence-corrected chi connectivity index (χ1v) is 3.76. The van der Waals surface area contributed by atoms with Gasteiger partial charge in [0.1, 0.15) is 0 Å². The largest absolute Gasteiger partial charge is 0.298 e. The van der Waals surface area contributed by atoms with Gasteiger partial charge in [-0.15, -0.1) is 0 Å². The second kappa shape index (κ2) is 2.52. The molecule has 1 unspecified atom stereocenters. The highest BCUT2D eigenvalue weighted by Gasteiger charge is 2.25. The first-order valence-electron chi connectivity index (χ1n) is 3.76. The molecule has 0 spiro atoms. The molecule has 0 saturated carbocycles. The SMILES string of the molecule is O=C1C=CC2C(=O)CC=NC2=C1. The minimum Gasteiger partial charge on any atom is -0.298 e. The van der Waals surface area contributed by atoms with Gasteiger partial charge in [-0.2, -0.15) is 0 Å². The van der Waals surface area contributed by atoms with Crippen molar-refractivity contribution < 1.29 is 9.59 Å². The molecule has 3 heteroatoms. The van der Waals surface area contributed by atoms with Gasteiger partial charge in [0, 0.05) is 18.7 Å². The minimum absolute atomic E-state index is 0.0897. The normalized spacial score (nSPS) is 27.0. The summed E-state index contributed by atoms with van der Waals surface area (Å²) >= 11 is 0. The molecule has 60 valence electrons. The molecule has 12 heavy (non-hydrogen) atoms. The summed E-state index contributed by atoms with van der Waals surface area (Å²) in [5.41, 5.74) is 0.582. The second-order valence-electron chi connectivity index (χ2n) is 2.79. The lowest BCUT2D eigenvalue weighted by molar-refractivity contribution is -0.119. The molecule has 0 fully saturated rings. The Hall–Kier alpha value is -1.51. The van der Waals surface area contributed by atoms with Crippen LogP contribution in [0.3, 0.4) is 0 Å². The van der Waals surface area contributed by atoms with Crippen molar-refractivity contribution >= 4 is 17.8 Å². The molecule has 0 saturated heterocycles. The fourth-order valence-corrected chi connectivity index (χ4v) is 1.33. The maximum atomic E-state index is 11.2. The summed E-state index contributed by atoms with van der Waals surface area (Å²) in [7, 11) is 0. The smallest absolute Gasteiger partial charge is 0.180 e. The average molecular weight is 161 g/mol. The van der Waals surface area contributed by atoms with E-state index in [1.807, 2.05) is 0 Å². The maximum Gasteiger partial charge on any atom is 0.180 e. The van der Waals surface area contributed by atoms with E-state index in [9.17, 15) is 9.59 Å². The highest BCUT2D eigenvalue weighted by Crippen LogP contribution is 2.23. The van der Waals surface area contributed by atoms with E-state index in [1.165, 1.54) is 12.2 Å². The van der Waals surface area contributed by atoms with Crippen LogP contribution in [0.1, 0.15) is 6.42 Å². The standard InChI is InChI=1S/C9H7NO2/c11-6-1-2-7-8(5-6)10-4-3-9(7)12/h1-2,4-5,7H,3H2. The molecule has 1 heterocycles. The zero-order valence-corrected chi connectivity index (χ0v) is 6.36. The summed E-state index contributed by atoms with van der Waals surface area (Å²) in [5.74, 6) is -0.249. The molecule has 1 atom stereocenters. The van der Waals surface area contributed by atoms with Crippen LogP contribution in [0.25, 0.3) is 0 Å². The van der Waals surface area contributed by atoms with Crippen molar-refractivity contribution in [2.45, 2.75) is 6.42 Å². The molecule has 0 amide bonds. The van der Waals surface area contributed by atoms with Crippen molar-refractivity contribution in [3.05, 3.63) is 23.9 Å². The Labute approximate surface area is 69.5 Å². The lowest BCUT2D eigenvalue weighted by atomic mass is 9.91. The molecule has 1 aliphatic heterocycles. The fourth-order valence-electron chi connectivity index (χ4n) is 1.33. The molecule has 0 bridgehead atoms. The van der Waals surface area contributed by atoms with Gasteiger partial charge in [0.25, 0.3) is 0 Å². The summed E-state index contributed by atoms with van der Waals surface area (Å²) in [6, 6.07) is 0. The van der Waals surface area contributed by atoms with Crippen LogP contribution in [0.2, 0.25) is 0 Å². The van der Waals surface area contributed by atoms with Gasteiger partial charge in [-0.3, -0.25) is 14.6 Å². The zero-order chi connectivity index (χ0) is 8.55. The summed E-state index contributed by atoms with van der Waals surface area (Å²) in [4.78, 5) is 26.1. The van der Waals surface area contributed by atoms with Gasteiger partial charge in [0.2, 0.25) is 0 Å². The second-order valence-corrected chi connectivity index (χ2v) is 2.79. The molecule has 0 radical (unpaired) electrons. The predicted octanol–water partition coefficient (Wildman–Crippen LogP) is 0.669. The van der Waals surface area contributed by atoms with Crippen molar-refractivity contribution in [3.8, 4) is 0 Å². The van der Waals surface area contributed by atoms with E-state index < -0.39 is 0 Å². The molecule has 0 aromatic rings. The van der Waals surface area contributed by atoms with Crippen LogP contribution in [0.15, 0.2) is 28.9 Å². The number of hydrogen-bond acceptors (Lipinski definition) is 3. The fraction of sp³-hybridized carbons (Fsp3) is 0.222. The van der Waals surface area contributed by atoms with Crippen LogP contribution in [0.5, 0.6) is 0 Å². The molecule has 3 nitrogen and oxygen atoms in total. The van der Waals surface area contributed by atoms with Crippen LogP contribution in [0.4, 0.5) is 0 Å². The lowest BCUT2D eigenvalue weighted by Crippen LogP contribution is -2.21. The number of hydrogen-bond donors (Lipinski definition) is 0. The van der Waals surface area contributed by atoms with Gasteiger partial charge in [-0.25, -0.2) is 0 Å².